The van der Waals surface area contributed by atoms with Crippen LogP contribution in [0.1, 0.15) is 64.6 Å². The zero-order valence-electron chi connectivity index (χ0n) is 20.3. The average Bonchev–Trinajstić information content (AvgIpc) is 3.38. The Morgan fingerprint density at radius 1 is 1.33 bits per heavy atom. The van der Waals surface area contributed by atoms with Crippen LogP contribution in [0.3, 0.4) is 0 Å². The summed E-state index contributed by atoms with van der Waals surface area (Å²) < 4.78 is 18.6. The summed E-state index contributed by atoms with van der Waals surface area (Å²) in [6.45, 7) is 9.78. The third-order valence-corrected chi connectivity index (χ3v) is 6.76. The molecule has 182 valence electrons. The number of hydrogen-bond acceptors (Lipinski definition) is 9. The molecule has 0 bridgehead atoms. The fraction of sp³-hybridized carbons (Fsp3) is 0.739. The van der Waals surface area contributed by atoms with Crippen LogP contribution in [0.25, 0.3) is 11.2 Å². The van der Waals surface area contributed by atoms with Gasteiger partial charge in [-0.15, -0.1) is 0 Å². The Kier molecular flexibility index (Phi) is 6.76. The molecule has 2 aromatic heterocycles. The molecule has 4 rings (SSSR count). The summed E-state index contributed by atoms with van der Waals surface area (Å²) in [7, 11) is 1.48. The Bertz CT molecular complexity index is 1010. The van der Waals surface area contributed by atoms with Gasteiger partial charge in [0.25, 0.3) is 5.91 Å². The summed E-state index contributed by atoms with van der Waals surface area (Å²) in [6.07, 6.45) is 4.57. The first kappa shape index (κ1) is 23.7. The smallest absolute Gasteiger partial charge is 0.320 e. The van der Waals surface area contributed by atoms with Gasteiger partial charge in [0.05, 0.1) is 24.9 Å². The van der Waals surface area contributed by atoms with Crippen molar-refractivity contribution in [3.8, 4) is 12.0 Å². The van der Waals surface area contributed by atoms with Crippen molar-refractivity contribution in [3.63, 3.8) is 0 Å². The van der Waals surface area contributed by atoms with Crippen molar-refractivity contribution in [3.05, 3.63) is 0 Å². The first-order chi connectivity index (χ1) is 15.7. The van der Waals surface area contributed by atoms with E-state index in [0.717, 1.165) is 38.6 Å². The van der Waals surface area contributed by atoms with Gasteiger partial charge in [0.2, 0.25) is 0 Å². The first-order valence-electron chi connectivity index (χ1n) is 11.9. The number of carbonyl (C=O) groups excluding carboxylic acids is 1. The third-order valence-electron chi connectivity index (χ3n) is 6.76. The third kappa shape index (κ3) is 4.77. The van der Waals surface area contributed by atoms with E-state index in [9.17, 15) is 4.79 Å². The SMILES string of the molecule is CCC[C@H](C)Oc1nc(N)c2nc(OC)n(C(=O)[C@@H]3NCCC3C3CCOC(C)(C)C3)c2n1. The number of hydrogen-bond donors (Lipinski definition) is 2. The summed E-state index contributed by atoms with van der Waals surface area (Å²) in [5.74, 6) is 0.603. The van der Waals surface area contributed by atoms with E-state index in [2.05, 4.69) is 41.0 Å². The quantitative estimate of drug-likeness (QED) is 0.641. The number of ether oxygens (including phenoxy) is 3. The lowest BCUT2D eigenvalue weighted by molar-refractivity contribution is -0.0827. The number of rotatable bonds is 7. The molecule has 0 aliphatic carbocycles. The topological polar surface area (TPSA) is 126 Å². The number of nitrogens with one attached hydrogen (secondary N) is 1. The molecule has 0 spiro atoms. The van der Waals surface area contributed by atoms with Crippen molar-refractivity contribution < 1.29 is 19.0 Å². The van der Waals surface area contributed by atoms with Crippen LogP contribution >= 0.6 is 0 Å². The van der Waals surface area contributed by atoms with Gasteiger partial charge in [0, 0.05) is 6.61 Å². The van der Waals surface area contributed by atoms with Gasteiger partial charge in [-0.05, 0) is 64.8 Å². The van der Waals surface area contributed by atoms with Crippen molar-refractivity contribution in [2.24, 2.45) is 11.8 Å². The highest BCUT2D eigenvalue weighted by atomic mass is 16.5. The summed E-state index contributed by atoms with van der Waals surface area (Å²) >= 11 is 0. The lowest BCUT2D eigenvalue weighted by atomic mass is 9.76. The summed E-state index contributed by atoms with van der Waals surface area (Å²) in [6, 6.07) is -0.0797. The fourth-order valence-electron chi connectivity index (χ4n) is 5.26. The number of nitrogens with two attached hydrogens (primary N) is 1. The minimum atomic E-state index is -0.366. The number of methoxy groups -OCH3 is 1. The molecule has 2 fully saturated rings. The van der Waals surface area contributed by atoms with E-state index in [1.807, 2.05) is 6.92 Å². The highest BCUT2D eigenvalue weighted by Crippen LogP contribution is 2.39. The van der Waals surface area contributed by atoms with Crippen LogP contribution in [-0.2, 0) is 4.74 Å². The lowest BCUT2D eigenvalue weighted by Gasteiger charge is -2.39. The number of nitrogens with zero attached hydrogens (tertiary/aromatic N) is 4. The van der Waals surface area contributed by atoms with E-state index in [1.165, 1.54) is 11.7 Å². The van der Waals surface area contributed by atoms with Crippen molar-refractivity contribution in [2.75, 3.05) is 26.0 Å². The van der Waals surface area contributed by atoms with Crippen molar-refractivity contribution in [1.29, 1.82) is 0 Å². The van der Waals surface area contributed by atoms with Crippen molar-refractivity contribution in [2.45, 2.75) is 77.5 Å². The molecule has 0 radical (unpaired) electrons. The number of aromatic nitrogens is 4. The Morgan fingerprint density at radius 3 is 2.82 bits per heavy atom. The molecule has 2 aromatic rings. The van der Waals surface area contributed by atoms with E-state index in [1.54, 1.807) is 0 Å². The molecule has 2 unspecified atom stereocenters. The van der Waals surface area contributed by atoms with E-state index >= 15 is 0 Å². The summed E-state index contributed by atoms with van der Waals surface area (Å²) in [5, 5.41) is 3.41. The predicted octanol–water partition coefficient (Wildman–Crippen LogP) is 2.81. The highest BCUT2D eigenvalue weighted by Gasteiger charge is 2.43. The number of imidazole rings is 1. The Morgan fingerprint density at radius 2 is 2.12 bits per heavy atom. The summed E-state index contributed by atoms with van der Waals surface area (Å²) in [5.41, 5.74) is 6.63. The maximum absolute atomic E-state index is 13.9. The van der Waals surface area contributed by atoms with Gasteiger partial charge in [-0.3, -0.25) is 4.79 Å². The zero-order valence-corrected chi connectivity index (χ0v) is 20.3. The fourth-order valence-corrected chi connectivity index (χ4v) is 5.26. The molecule has 4 atom stereocenters. The molecule has 3 N–H and O–H groups in total. The van der Waals surface area contributed by atoms with Gasteiger partial charge < -0.3 is 25.3 Å². The van der Waals surface area contributed by atoms with Crippen LogP contribution in [0.15, 0.2) is 0 Å². The zero-order chi connectivity index (χ0) is 23.8. The maximum atomic E-state index is 13.9. The molecule has 0 saturated carbocycles. The molecular formula is C23H36N6O4. The molecular weight excluding hydrogens is 424 g/mol. The maximum Gasteiger partial charge on any atom is 0.320 e. The van der Waals surface area contributed by atoms with Crippen molar-refractivity contribution >= 4 is 22.9 Å². The molecule has 0 aromatic carbocycles. The Labute approximate surface area is 194 Å². The van der Waals surface area contributed by atoms with E-state index < -0.39 is 0 Å². The van der Waals surface area contributed by atoms with E-state index in [4.69, 9.17) is 19.9 Å². The molecule has 2 saturated heterocycles. The van der Waals surface area contributed by atoms with Gasteiger partial charge in [0.1, 0.15) is 0 Å². The van der Waals surface area contributed by atoms with E-state index in [0.29, 0.717) is 23.7 Å². The van der Waals surface area contributed by atoms with E-state index in [-0.39, 0.29) is 47.4 Å². The molecule has 2 aliphatic heterocycles. The number of anilines is 1. The molecule has 10 heteroatoms. The van der Waals surface area contributed by atoms with Crippen LogP contribution in [-0.4, -0.2) is 63.4 Å². The second kappa shape index (κ2) is 9.42. The highest BCUT2D eigenvalue weighted by molar-refractivity contribution is 5.96. The van der Waals surface area contributed by atoms with Crippen LogP contribution < -0.4 is 20.5 Å². The Balaban J connectivity index is 1.68. The average molecular weight is 461 g/mol. The second-order valence-electron chi connectivity index (χ2n) is 9.80. The standard InChI is InChI=1S/C23H36N6O4/c1-6-7-13(2)33-21-27-18(24)17-19(28-21)29(22(26-17)31-5)20(30)16-15(8-10-25-16)14-9-11-32-23(3,4)12-14/h13-16,25H,6-12H2,1-5H3,(H2,24,27,28)/t13-,14?,15?,16+/m0/s1. The monoisotopic (exact) mass is 460 g/mol. The van der Waals surface area contributed by atoms with Crippen LogP contribution in [0.4, 0.5) is 5.82 Å². The molecule has 10 nitrogen and oxygen atoms in total. The van der Waals surface area contributed by atoms with Gasteiger partial charge in [-0.1, -0.05) is 13.3 Å². The van der Waals surface area contributed by atoms with Crippen LogP contribution in [0.2, 0.25) is 0 Å². The molecule has 2 aliphatic rings. The first-order valence-corrected chi connectivity index (χ1v) is 11.9. The lowest BCUT2D eigenvalue weighted by Crippen LogP contribution is -2.45. The van der Waals surface area contributed by atoms with Gasteiger partial charge in [0.15, 0.2) is 17.0 Å². The number of fused-ring (bicyclic) bond motifs is 1. The van der Waals surface area contributed by atoms with Gasteiger partial charge >= 0.3 is 12.0 Å². The number of carbonyl (C=O) groups is 1. The van der Waals surface area contributed by atoms with Crippen molar-refractivity contribution in [1.82, 2.24) is 24.8 Å². The largest absolute Gasteiger partial charge is 0.468 e. The minimum Gasteiger partial charge on any atom is -0.468 e. The number of nitrogen functional groups attached to an aromatic ring is 1. The molecule has 33 heavy (non-hydrogen) atoms. The van der Waals surface area contributed by atoms with Crippen LogP contribution in [0.5, 0.6) is 12.0 Å². The second-order valence-corrected chi connectivity index (χ2v) is 9.80. The predicted molar refractivity (Wildman–Crippen MR) is 125 cm³/mol. The van der Waals surface area contributed by atoms with Gasteiger partial charge in [-0.2, -0.15) is 15.0 Å². The molecule has 4 heterocycles. The summed E-state index contributed by atoms with van der Waals surface area (Å²) in [4.78, 5) is 27.0. The molecule has 0 amide bonds. The minimum absolute atomic E-state index is 0.0708. The van der Waals surface area contributed by atoms with Gasteiger partial charge in [-0.25, -0.2) is 4.57 Å². The Hall–Kier alpha value is -2.46. The normalized spacial score (nSPS) is 25.8. The van der Waals surface area contributed by atoms with Crippen LogP contribution in [0, 0.1) is 11.8 Å².